The topological polar surface area (TPSA) is 12.5 Å². The molecule has 0 bridgehead atoms. The van der Waals surface area contributed by atoms with E-state index in [1.807, 2.05) is 12.1 Å². The molecule has 2 unspecified atom stereocenters. The van der Waals surface area contributed by atoms with Gasteiger partial charge in [-0.25, -0.2) is 13.2 Å². The van der Waals surface area contributed by atoms with Crippen LogP contribution in [0, 0.1) is 35.2 Å². The second-order valence-electron chi connectivity index (χ2n) is 11.8. The Balaban J connectivity index is 1.12. The molecule has 0 aromatic heterocycles. The van der Waals surface area contributed by atoms with Crippen molar-refractivity contribution in [3.63, 3.8) is 0 Å². The predicted molar refractivity (Wildman–Crippen MR) is 152 cm³/mol. The van der Waals surface area contributed by atoms with Gasteiger partial charge in [-0.05, 0) is 78.2 Å². The Morgan fingerprint density at radius 1 is 0.744 bits per heavy atom. The zero-order chi connectivity index (χ0) is 26.9. The number of halogens is 3. The third kappa shape index (κ3) is 5.59. The first-order chi connectivity index (χ1) is 19.0. The number of ether oxygens (including phenoxy) is 1. The van der Waals surface area contributed by atoms with Crippen molar-refractivity contribution in [2.24, 2.45) is 17.8 Å². The van der Waals surface area contributed by atoms with Gasteiger partial charge in [-0.3, -0.25) is 0 Å². The van der Waals surface area contributed by atoms with Crippen LogP contribution in [0.3, 0.4) is 0 Å². The molecule has 204 valence electrons. The summed E-state index contributed by atoms with van der Waals surface area (Å²) >= 11 is 0. The van der Waals surface area contributed by atoms with Crippen LogP contribution < -0.4 is 0 Å². The van der Waals surface area contributed by atoms with E-state index in [1.165, 1.54) is 50.5 Å². The SMILES string of the molecule is CCCC1CCC(C2CC=C(c3ccc(-c4ccc(-c5ccc(C6CO6)c(F)c5F)cc4)c(F)c3)CC2)CC1. The lowest BCUT2D eigenvalue weighted by Crippen LogP contribution is -2.23. The fourth-order valence-electron chi connectivity index (χ4n) is 6.94. The maximum absolute atomic E-state index is 15.3. The molecule has 3 aromatic rings. The van der Waals surface area contributed by atoms with Crippen LogP contribution >= 0.6 is 0 Å². The lowest BCUT2D eigenvalue weighted by molar-refractivity contribution is 0.189. The molecule has 3 aliphatic rings. The predicted octanol–water partition coefficient (Wildman–Crippen LogP) is 10.3. The van der Waals surface area contributed by atoms with E-state index in [9.17, 15) is 8.78 Å². The van der Waals surface area contributed by atoms with Gasteiger partial charge in [0, 0.05) is 16.7 Å². The number of benzene rings is 3. The van der Waals surface area contributed by atoms with Crippen molar-refractivity contribution in [3.05, 3.63) is 89.3 Å². The summed E-state index contributed by atoms with van der Waals surface area (Å²) in [6.45, 7) is 2.72. The Kier molecular flexibility index (Phi) is 7.66. The fraction of sp³-hybridized carbons (Fsp3) is 0.429. The number of allylic oxidation sites excluding steroid dienone is 2. The van der Waals surface area contributed by atoms with Crippen LogP contribution in [0.25, 0.3) is 27.8 Å². The zero-order valence-electron chi connectivity index (χ0n) is 22.7. The lowest BCUT2D eigenvalue weighted by Gasteiger charge is -2.35. The van der Waals surface area contributed by atoms with Crippen LogP contribution in [0.1, 0.15) is 81.9 Å². The van der Waals surface area contributed by atoms with Crippen molar-refractivity contribution in [3.8, 4) is 22.3 Å². The summed E-state index contributed by atoms with van der Waals surface area (Å²) in [4.78, 5) is 0. The van der Waals surface area contributed by atoms with Crippen molar-refractivity contribution < 1.29 is 17.9 Å². The first-order valence-electron chi connectivity index (χ1n) is 14.7. The first-order valence-corrected chi connectivity index (χ1v) is 14.7. The second-order valence-corrected chi connectivity index (χ2v) is 11.8. The van der Waals surface area contributed by atoms with Crippen molar-refractivity contribution >= 4 is 5.57 Å². The van der Waals surface area contributed by atoms with Gasteiger partial charge >= 0.3 is 0 Å². The Morgan fingerprint density at radius 3 is 2.03 bits per heavy atom. The molecule has 1 heterocycles. The average Bonchev–Trinajstić information content (AvgIpc) is 3.81. The van der Waals surface area contributed by atoms with Crippen molar-refractivity contribution in [2.75, 3.05) is 6.61 Å². The van der Waals surface area contributed by atoms with Crippen LogP contribution in [0.4, 0.5) is 13.2 Å². The molecular weight excluding hydrogens is 493 g/mol. The summed E-state index contributed by atoms with van der Waals surface area (Å²) in [5.41, 5.74) is 4.44. The number of epoxide rings is 1. The van der Waals surface area contributed by atoms with Gasteiger partial charge in [0.1, 0.15) is 11.9 Å². The molecule has 2 aliphatic carbocycles. The molecule has 39 heavy (non-hydrogen) atoms. The van der Waals surface area contributed by atoms with Gasteiger partial charge in [-0.1, -0.05) is 87.2 Å². The van der Waals surface area contributed by atoms with E-state index in [0.29, 0.717) is 23.3 Å². The highest BCUT2D eigenvalue weighted by molar-refractivity contribution is 5.74. The van der Waals surface area contributed by atoms with Gasteiger partial charge in [0.2, 0.25) is 0 Å². The molecule has 6 rings (SSSR count). The van der Waals surface area contributed by atoms with Crippen LogP contribution in [-0.2, 0) is 4.74 Å². The standard InChI is InChI=1S/C35H37F3O/c1-2-3-22-4-6-23(7-5-22)24-8-10-25(11-9-24)28-16-17-29(32(36)20-28)26-12-14-27(15-13-26)30-18-19-31(33-21-39-33)35(38)34(30)37/h10,12-20,22-24,33H,2-9,11,21H2,1H3. The van der Waals surface area contributed by atoms with Gasteiger partial charge in [0.05, 0.1) is 6.61 Å². The normalized spacial score (nSPS) is 24.9. The van der Waals surface area contributed by atoms with E-state index in [1.54, 1.807) is 42.5 Å². The molecule has 2 fully saturated rings. The molecule has 4 heteroatoms. The van der Waals surface area contributed by atoms with Crippen LogP contribution in [0.15, 0.2) is 60.7 Å². The lowest BCUT2D eigenvalue weighted by atomic mass is 9.70. The highest BCUT2D eigenvalue weighted by Crippen LogP contribution is 2.42. The van der Waals surface area contributed by atoms with E-state index in [0.717, 1.165) is 36.2 Å². The van der Waals surface area contributed by atoms with Crippen LogP contribution in [-0.4, -0.2) is 6.61 Å². The maximum atomic E-state index is 15.3. The number of rotatable bonds is 7. The van der Waals surface area contributed by atoms with Crippen LogP contribution in [0.5, 0.6) is 0 Å². The van der Waals surface area contributed by atoms with E-state index in [-0.39, 0.29) is 23.0 Å². The van der Waals surface area contributed by atoms with Gasteiger partial charge < -0.3 is 4.74 Å². The molecule has 0 amide bonds. The van der Waals surface area contributed by atoms with Crippen molar-refractivity contribution in [2.45, 2.75) is 70.8 Å². The molecule has 1 saturated carbocycles. The molecular formula is C35H37F3O. The Bertz CT molecular complexity index is 1350. The smallest absolute Gasteiger partial charge is 0.167 e. The van der Waals surface area contributed by atoms with E-state index < -0.39 is 11.6 Å². The molecule has 0 radical (unpaired) electrons. The van der Waals surface area contributed by atoms with Gasteiger partial charge in [0.25, 0.3) is 0 Å². The van der Waals surface area contributed by atoms with Gasteiger partial charge in [-0.2, -0.15) is 0 Å². The number of hydrogen-bond donors (Lipinski definition) is 0. The third-order valence-corrected chi connectivity index (χ3v) is 9.35. The Hall–Kier alpha value is -2.85. The van der Waals surface area contributed by atoms with E-state index in [4.69, 9.17) is 4.74 Å². The zero-order valence-corrected chi connectivity index (χ0v) is 22.7. The minimum atomic E-state index is -0.876. The summed E-state index contributed by atoms with van der Waals surface area (Å²) in [5.74, 6) is 0.575. The summed E-state index contributed by atoms with van der Waals surface area (Å²) in [6, 6.07) is 15.6. The monoisotopic (exact) mass is 530 g/mol. The molecule has 1 aliphatic heterocycles. The highest BCUT2D eigenvalue weighted by atomic mass is 19.2. The average molecular weight is 531 g/mol. The number of hydrogen-bond acceptors (Lipinski definition) is 1. The quantitative estimate of drug-likeness (QED) is 0.277. The minimum absolute atomic E-state index is 0.191. The van der Waals surface area contributed by atoms with E-state index in [2.05, 4.69) is 13.0 Å². The third-order valence-electron chi connectivity index (χ3n) is 9.35. The Morgan fingerprint density at radius 2 is 1.41 bits per heavy atom. The largest absolute Gasteiger partial charge is 0.368 e. The second kappa shape index (κ2) is 11.3. The van der Waals surface area contributed by atoms with Gasteiger partial charge in [0.15, 0.2) is 11.6 Å². The highest BCUT2D eigenvalue weighted by Gasteiger charge is 2.31. The first kappa shape index (κ1) is 26.4. The molecule has 1 nitrogen and oxygen atoms in total. The van der Waals surface area contributed by atoms with E-state index >= 15 is 4.39 Å². The summed E-state index contributed by atoms with van der Waals surface area (Å²) in [6.07, 6.45) is 13.6. The summed E-state index contributed by atoms with van der Waals surface area (Å²) < 4.78 is 49.6. The molecule has 2 atom stereocenters. The maximum Gasteiger partial charge on any atom is 0.167 e. The molecule has 0 spiro atoms. The fourth-order valence-corrected chi connectivity index (χ4v) is 6.94. The van der Waals surface area contributed by atoms with Gasteiger partial charge in [-0.15, -0.1) is 0 Å². The summed E-state index contributed by atoms with van der Waals surface area (Å²) in [5, 5.41) is 0. The Labute approximate surface area is 230 Å². The summed E-state index contributed by atoms with van der Waals surface area (Å²) in [7, 11) is 0. The van der Waals surface area contributed by atoms with Crippen LogP contribution in [0.2, 0.25) is 0 Å². The molecule has 3 aromatic carbocycles. The minimum Gasteiger partial charge on any atom is -0.368 e. The van der Waals surface area contributed by atoms with Crippen molar-refractivity contribution in [1.82, 2.24) is 0 Å². The molecule has 0 N–H and O–H groups in total. The van der Waals surface area contributed by atoms with Crippen molar-refractivity contribution in [1.29, 1.82) is 0 Å². The molecule has 1 saturated heterocycles.